The smallest absolute Gasteiger partial charge is 0.142 e. The summed E-state index contributed by atoms with van der Waals surface area (Å²) in [5.41, 5.74) is 1.67. The Morgan fingerprint density at radius 2 is 1.61 bits per heavy atom. The van der Waals surface area contributed by atoms with Gasteiger partial charge < -0.3 is 0 Å². The summed E-state index contributed by atoms with van der Waals surface area (Å²) >= 11 is 12.5. The summed E-state index contributed by atoms with van der Waals surface area (Å²) in [6, 6.07) is 9.75. The van der Waals surface area contributed by atoms with Gasteiger partial charge in [-0.2, -0.15) is 0 Å². The molecule has 3 rings (SSSR count). The number of hydrogen-bond donors (Lipinski definition) is 0. The van der Waals surface area contributed by atoms with Crippen LogP contribution in [-0.4, -0.2) is 9.97 Å². The van der Waals surface area contributed by atoms with E-state index in [2.05, 4.69) is 9.97 Å². The Balaban J connectivity index is 2.00. The van der Waals surface area contributed by atoms with E-state index in [1.54, 1.807) is 0 Å². The van der Waals surface area contributed by atoms with Crippen LogP contribution in [0.5, 0.6) is 0 Å². The third kappa shape index (κ3) is 2.50. The highest BCUT2D eigenvalue weighted by molar-refractivity contribution is 6.37. The lowest BCUT2D eigenvalue weighted by Gasteiger charge is -2.08. The molecule has 4 heteroatoms. The summed E-state index contributed by atoms with van der Waals surface area (Å²) in [5, 5.41) is 0.883. The van der Waals surface area contributed by atoms with Crippen LogP contribution in [0, 0.1) is 5.92 Å². The number of halogens is 2. The highest BCUT2D eigenvalue weighted by Crippen LogP contribution is 2.35. The quantitative estimate of drug-likeness (QED) is 0.778. The number of rotatable bonds is 3. The highest BCUT2D eigenvalue weighted by Gasteiger charge is 2.24. The number of aromatic nitrogens is 2. The second-order valence-electron chi connectivity index (χ2n) is 4.61. The molecule has 18 heavy (non-hydrogen) atoms. The van der Waals surface area contributed by atoms with E-state index < -0.39 is 0 Å². The molecule has 1 aromatic heterocycles. The SMILES string of the molecule is Clc1nc(CC2CC2)nc(Cl)c1-c1ccccc1. The van der Waals surface area contributed by atoms with Crippen LogP contribution in [0.15, 0.2) is 30.3 Å². The highest BCUT2D eigenvalue weighted by atomic mass is 35.5. The van der Waals surface area contributed by atoms with Crippen molar-refractivity contribution in [3.63, 3.8) is 0 Å². The second-order valence-corrected chi connectivity index (χ2v) is 5.33. The van der Waals surface area contributed by atoms with Gasteiger partial charge in [-0.05, 0) is 24.3 Å². The number of benzene rings is 1. The maximum absolute atomic E-state index is 6.24. The van der Waals surface area contributed by atoms with Gasteiger partial charge in [0.1, 0.15) is 16.1 Å². The average molecular weight is 279 g/mol. The molecule has 1 fully saturated rings. The van der Waals surface area contributed by atoms with Gasteiger partial charge >= 0.3 is 0 Å². The van der Waals surface area contributed by atoms with Crippen LogP contribution >= 0.6 is 23.2 Å². The molecule has 1 aliphatic carbocycles. The predicted molar refractivity (Wildman–Crippen MR) is 73.9 cm³/mol. The van der Waals surface area contributed by atoms with Gasteiger partial charge in [-0.1, -0.05) is 53.5 Å². The first-order chi connectivity index (χ1) is 8.74. The van der Waals surface area contributed by atoms with Crippen molar-refractivity contribution in [1.82, 2.24) is 9.97 Å². The number of nitrogens with zero attached hydrogens (tertiary/aromatic N) is 2. The monoisotopic (exact) mass is 278 g/mol. The van der Waals surface area contributed by atoms with Gasteiger partial charge in [0, 0.05) is 6.42 Å². The first kappa shape index (κ1) is 11.9. The van der Waals surface area contributed by atoms with Gasteiger partial charge in [-0.15, -0.1) is 0 Å². The zero-order valence-corrected chi connectivity index (χ0v) is 11.2. The summed E-state index contributed by atoms with van der Waals surface area (Å²) in [6.07, 6.45) is 3.41. The Morgan fingerprint density at radius 1 is 1.00 bits per heavy atom. The predicted octanol–water partition coefficient (Wildman–Crippen LogP) is 4.40. The maximum Gasteiger partial charge on any atom is 0.142 e. The van der Waals surface area contributed by atoms with E-state index >= 15 is 0 Å². The molecule has 0 bridgehead atoms. The Hall–Kier alpha value is -1.12. The zero-order valence-electron chi connectivity index (χ0n) is 9.74. The Morgan fingerprint density at radius 3 is 2.17 bits per heavy atom. The van der Waals surface area contributed by atoms with Crippen molar-refractivity contribution in [2.45, 2.75) is 19.3 Å². The van der Waals surface area contributed by atoms with Gasteiger partial charge in [0.15, 0.2) is 0 Å². The molecule has 0 atom stereocenters. The van der Waals surface area contributed by atoms with E-state index in [0.717, 1.165) is 29.3 Å². The van der Waals surface area contributed by atoms with E-state index in [1.165, 1.54) is 12.8 Å². The minimum absolute atomic E-state index is 0.442. The Labute approximate surface area is 116 Å². The van der Waals surface area contributed by atoms with E-state index in [9.17, 15) is 0 Å². The Bertz CT molecular complexity index is 542. The molecule has 0 aliphatic heterocycles. The summed E-state index contributed by atoms with van der Waals surface area (Å²) in [7, 11) is 0. The summed E-state index contributed by atoms with van der Waals surface area (Å²) in [5.74, 6) is 1.48. The van der Waals surface area contributed by atoms with Crippen LogP contribution in [0.1, 0.15) is 18.7 Å². The molecule has 0 unspecified atom stereocenters. The van der Waals surface area contributed by atoms with Gasteiger partial charge in [-0.3, -0.25) is 0 Å². The molecule has 2 aromatic rings. The lowest BCUT2D eigenvalue weighted by atomic mass is 10.1. The molecule has 0 amide bonds. The van der Waals surface area contributed by atoms with Crippen molar-refractivity contribution in [3.8, 4) is 11.1 Å². The molecule has 2 nitrogen and oxygen atoms in total. The fraction of sp³-hybridized carbons (Fsp3) is 0.286. The lowest BCUT2D eigenvalue weighted by molar-refractivity contribution is 0.770. The fourth-order valence-electron chi connectivity index (χ4n) is 1.96. The van der Waals surface area contributed by atoms with Crippen molar-refractivity contribution in [2.24, 2.45) is 5.92 Å². The van der Waals surface area contributed by atoms with Gasteiger partial charge in [0.2, 0.25) is 0 Å². The van der Waals surface area contributed by atoms with Crippen molar-refractivity contribution in [2.75, 3.05) is 0 Å². The van der Waals surface area contributed by atoms with Crippen LogP contribution in [-0.2, 0) is 6.42 Å². The molecule has 0 spiro atoms. The van der Waals surface area contributed by atoms with Crippen LogP contribution < -0.4 is 0 Å². The first-order valence-electron chi connectivity index (χ1n) is 6.01. The second kappa shape index (κ2) is 4.87. The molecule has 92 valence electrons. The third-order valence-electron chi connectivity index (χ3n) is 3.10. The van der Waals surface area contributed by atoms with Crippen LogP contribution in [0.3, 0.4) is 0 Å². The maximum atomic E-state index is 6.24. The van der Waals surface area contributed by atoms with Crippen LogP contribution in [0.2, 0.25) is 10.3 Å². The molecule has 1 aliphatic rings. The standard InChI is InChI=1S/C14H12Cl2N2/c15-13-12(10-4-2-1-3-5-10)14(16)18-11(17-13)8-9-6-7-9/h1-5,9H,6-8H2. The van der Waals surface area contributed by atoms with E-state index in [4.69, 9.17) is 23.2 Å². The van der Waals surface area contributed by atoms with Crippen LogP contribution in [0.4, 0.5) is 0 Å². The molecule has 0 N–H and O–H groups in total. The summed E-state index contributed by atoms with van der Waals surface area (Å²) in [6.45, 7) is 0. The zero-order chi connectivity index (χ0) is 12.5. The van der Waals surface area contributed by atoms with Crippen LogP contribution in [0.25, 0.3) is 11.1 Å². The lowest BCUT2D eigenvalue weighted by Crippen LogP contribution is -1.99. The molecular weight excluding hydrogens is 267 g/mol. The molecule has 1 saturated carbocycles. The third-order valence-corrected chi connectivity index (χ3v) is 3.64. The van der Waals surface area contributed by atoms with E-state index in [1.807, 2.05) is 30.3 Å². The molecule has 0 saturated heterocycles. The summed E-state index contributed by atoms with van der Waals surface area (Å²) < 4.78 is 0. The van der Waals surface area contributed by atoms with E-state index in [-0.39, 0.29) is 0 Å². The van der Waals surface area contributed by atoms with Crippen molar-refractivity contribution in [3.05, 3.63) is 46.5 Å². The normalized spacial score (nSPS) is 14.8. The molecule has 1 aromatic carbocycles. The minimum Gasteiger partial charge on any atom is -0.220 e. The topological polar surface area (TPSA) is 25.8 Å². The van der Waals surface area contributed by atoms with E-state index in [0.29, 0.717) is 10.3 Å². The first-order valence-corrected chi connectivity index (χ1v) is 6.77. The summed E-state index contributed by atoms with van der Waals surface area (Å²) in [4.78, 5) is 8.72. The minimum atomic E-state index is 0.442. The molecule has 1 heterocycles. The van der Waals surface area contributed by atoms with Crippen molar-refractivity contribution >= 4 is 23.2 Å². The largest absolute Gasteiger partial charge is 0.220 e. The molecular formula is C14H12Cl2N2. The fourth-order valence-corrected chi connectivity index (χ4v) is 2.60. The Kier molecular flexibility index (Phi) is 3.23. The molecule has 0 radical (unpaired) electrons. The van der Waals surface area contributed by atoms with Crippen molar-refractivity contribution < 1.29 is 0 Å². The van der Waals surface area contributed by atoms with Crippen molar-refractivity contribution in [1.29, 1.82) is 0 Å². The van der Waals surface area contributed by atoms with Gasteiger partial charge in [0.25, 0.3) is 0 Å². The average Bonchev–Trinajstić information content (AvgIpc) is 3.13. The van der Waals surface area contributed by atoms with Gasteiger partial charge in [0.05, 0.1) is 5.56 Å². The number of hydrogen-bond acceptors (Lipinski definition) is 2. The van der Waals surface area contributed by atoms with Gasteiger partial charge in [-0.25, -0.2) is 9.97 Å².